The van der Waals surface area contributed by atoms with Crippen molar-refractivity contribution in [1.82, 2.24) is 0 Å². The molecule has 0 aromatic heterocycles. The SMILES string of the molecule is Cc1cccc(C)c1NC(=O)C=Cc1ccc(F)cc1. The summed E-state index contributed by atoms with van der Waals surface area (Å²) in [7, 11) is 0. The van der Waals surface area contributed by atoms with E-state index in [0.717, 1.165) is 22.4 Å². The number of rotatable bonds is 3. The monoisotopic (exact) mass is 269 g/mol. The molecule has 0 aliphatic heterocycles. The molecule has 0 atom stereocenters. The van der Waals surface area contributed by atoms with Gasteiger partial charge < -0.3 is 5.32 Å². The molecule has 20 heavy (non-hydrogen) atoms. The number of benzene rings is 2. The molecule has 0 aliphatic rings. The van der Waals surface area contributed by atoms with Crippen molar-refractivity contribution < 1.29 is 9.18 Å². The molecule has 2 aromatic rings. The fourth-order valence-corrected chi connectivity index (χ4v) is 1.92. The summed E-state index contributed by atoms with van der Waals surface area (Å²) in [5, 5.41) is 2.86. The second kappa shape index (κ2) is 6.15. The van der Waals surface area contributed by atoms with Crippen LogP contribution in [-0.4, -0.2) is 5.91 Å². The van der Waals surface area contributed by atoms with Crippen molar-refractivity contribution in [2.45, 2.75) is 13.8 Å². The van der Waals surface area contributed by atoms with Gasteiger partial charge in [0, 0.05) is 11.8 Å². The zero-order valence-corrected chi connectivity index (χ0v) is 11.5. The van der Waals surface area contributed by atoms with Gasteiger partial charge in [0.2, 0.25) is 5.91 Å². The van der Waals surface area contributed by atoms with Gasteiger partial charge in [-0.1, -0.05) is 30.3 Å². The number of hydrogen-bond acceptors (Lipinski definition) is 1. The maximum atomic E-state index is 12.8. The van der Waals surface area contributed by atoms with E-state index >= 15 is 0 Å². The fourth-order valence-electron chi connectivity index (χ4n) is 1.92. The summed E-state index contributed by atoms with van der Waals surface area (Å²) in [6.07, 6.45) is 3.10. The zero-order chi connectivity index (χ0) is 14.5. The van der Waals surface area contributed by atoms with E-state index in [1.165, 1.54) is 18.2 Å². The molecule has 0 heterocycles. The predicted octanol–water partition coefficient (Wildman–Crippen LogP) is 4.09. The van der Waals surface area contributed by atoms with E-state index in [1.807, 2.05) is 32.0 Å². The minimum atomic E-state index is -0.290. The topological polar surface area (TPSA) is 29.1 Å². The van der Waals surface area contributed by atoms with E-state index in [0.29, 0.717) is 0 Å². The summed E-state index contributed by atoms with van der Waals surface area (Å²) in [6.45, 7) is 3.90. The molecule has 1 N–H and O–H groups in total. The molecule has 0 unspecified atom stereocenters. The smallest absolute Gasteiger partial charge is 0.248 e. The number of nitrogens with one attached hydrogen (secondary N) is 1. The summed E-state index contributed by atoms with van der Waals surface area (Å²) in [5.74, 6) is -0.492. The molecule has 102 valence electrons. The zero-order valence-electron chi connectivity index (χ0n) is 11.5. The third-order valence-corrected chi connectivity index (χ3v) is 3.03. The van der Waals surface area contributed by atoms with Crippen LogP contribution in [0.5, 0.6) is 0 Å². The van der Waals surface area contributed by atoms with Crippen LogP contribution in [0, 0.1) is 19.7 Å². The normalized spacial score (nSPS) is 10.8. The molecular weight excluding hydrogens is 253 g/mol. The molecule has 2 nitrogen and oxygen atoms in total. The second-order valence-electron chi connectivity index (χ2n) is 4.64. The highest BCUT2D eigenvalue weighted by Crippen LogP contribution is 2.19. The van der Waals surface area contributed by atoms with Crippen molar-refractivity contribution in [1.29, 1.82) is 0 Å². The van der Waals surface area contributed by atoms with E-state index in [4.69, 9.17) is 0 Å². The van der Waals surface area contributed by atoms with Gasteiger partial charge in [0.05, 0.1) is 0 Å². The first-order chi connectivity index (χ1) is 9.56. The van der Waals surface area contributed by atoms with Gasteiger partial charge in [-0.05, 0) is 48.7 Å². The van der Waals surface area contributed by atoms with E-state index < -0.39 is 0 Å². The van der Waals surface area contributed by atoms with E-state index in [1.54, 1.807) is 18.2 Å². The number of aryl methyl sites for hydroxylation is 2. The molecular formula is C17H16FNO. The Kier molecular flexibility index (Phi) is 4.31. The van der Waals surface area contributed by atoms with Gasteiger partial charge in [0.15, 0.2) is 0 Å². The standard InChI is InChI=1S/C17H16FNO/c1-12-4-3-5-13(2)17(12)19-16(20)11-8-14-6-9-15(18)10-7-14/h3-11H,1-2H3,(H,19,20). The van der Waals surface area contributed by atoms with Crippen LogP contribution in [0.2, 0.25) is 0 Å². The quantitative estimate of drug-likeness (QED) is 0.835. The Hall–Kier alpha value is -2.42. The van der Waals surface area contributed by atoms with E-state index in [-0.39, 0.29) is 11.7 Å². The van der Waals surface area contributed by atoms with Gasteiger partial charge in [-0.15, -0.1) is 0 Å². The summed E-state index contributed by atoms with van der Waals surface area (Å²) < 4.78 is 12.8. The molecule has 0 saturated carbocycles. The van der Waals surface area contributed by atoms with Crippen LogP contribution in [0.25, 0.3) is 6.08 Å². The van der Waals surface area contributed by atoms with Gasteiger partial charge in [-0.3, -0.25) is 4.79 Å². The first-order valence-corrected chi connectivity index (χ1v) is 6.37. The van der Waals surface area contributed by atoms with Crippen molar-refractivity contribution in [2.24, 2.45) is 0 Å². The molecule has 0 aliphatic carbocycles. The molecule has 0 fully saturated rings. The minimum Gasteiger partial charge on any atom is -0.322 e. The predicted molar refractivity (Wildman–Crippen MR) is 80.0 cm³/mol. The molecule has 0 radical (unpaired) electrons. The summed E-state index contributed by atoms with van der Waals surface area (Å²) in [4.78, 5) is 11.9. The van der Waals surface area contributed by atoms with Gasteiger partial charge in [0.1, 0.15) is 5.82 Å². The van der Waals surface area contributed by atoms with Crippen LogP contribution >= 0.6 is 0 Å². The van der Waals surface area contributed by atoms with Crippen LogP contribution in [0.15, 0.2) is 48.5 Å². The molecule has 0 spiro atoms. The molecule has 2 aromatic carbocycles. The molecule has 1 amide bonds. The Morgan fingerprint density at radius 3 is 2.25 bits per heavy atom. The van der Waals surface area contributed by atoms with Crippen LogP contribution < -0.4 is 5.32 Å². The van der Waals surface area contributed by atoms with Gasteiger partial charge in [-0.25, -0.2) is 4.39 Å². The Morgan fingerprint density at radius 1 is 1.05 bits per heavy atom. The minimum absolute atomic E-state index is 0.202. The first-order valence-electron chi connectivity index (χ1n) is 6.37. The fraction of sp³-hybridized carbons (Fsp3) is 0.118. The average Bonchev–Trinajstić information content (AvgIpc) is 2.42. The number of anilines is 1. The Bertz CT molecular complexity index is 624. The largest absolute Gasteiger partial charge is 0.322 e. The molecule has 0 saturated heterocycles. The van der Waals surface area contributed by atoms with Crippen LogP contribution in [-0.2, 0) is 4.79 Å². The van der Waals surface area contributed by atoms with Crippen LogP contribution in [0.1, 0.15) is 16.7 Å². The maximum absolute atomic E-state index is 12.8. The highest BCUT2D eigenvalue weighted by molar-refractivity contribution is 6.02. The third-order valence-electron chi connectivity index (χ3n) is 3.03. The lowest BCUT2D eigenvalue weighted by Gasteiger charge is -2.09. The lowest BCUT2D eigenvalue weighted by atomic mass is 10.1. The third kappa shape index (κ3) is 3.54. The second-order valence-corrected chi connectivity index (χ2v) is 4.64. The van der Waals surface area contributed by atoms with Gasteiger partial charge in [-0.2, -0.15) is 0 Å². The summed E-state index contributed by atoms with van der Waals surface area (Å²) in [6, 6.07) is 11.8. The average molecular weight is 269 g/mol. The van der Waals surface area contributed by atoms with Crippen molar-refractivity contribution in [3.05, 3.63) is 71.0 Å². The van der Waals surface area contributed by atoms with E-state index in [2.05, 4.69) is 5.32 Å². The summed E-state index contributed by atoms with van der Waals surface area (Å²) in [5.41, 5.74) is 3.66. The maximum Gasteiger partial charge on any atom is 0.248 e. The van der Waals surface area contributed by atoms with Gasteiger partial charge in [0.25, 0.3) is 0 Å². The van der Waals surface area contributed by atoms with Gasteiger partial charge >= 0.3 is 0 Å². The lowest BCUT2D eigenvalue weighted by Crippen LogP contribution is -2.10. The highest BCUT2D eigenvalue weighted by atomic mass is 19.1. The summed E-state index contributed by atoms with van der Waals surface area (Å²) >= 11 is 0. The van der Waals surface area contributed by atoms with Crippen molar-refractivity contribution in [3.63, 3.8) is 0 Å². The Balaban J connectivity index is 2.07. The number of carbonyl (C=O) groups is 1. The Morgan fingerprint density at radius 2 is 1.65 bits per heavy atom. The number of amides is 1. The number of halogens is 1. The van der Waals surface area contributed by atoms with Crippen LogP contribution in [0.3, 0.4) is 0 Å². The number of para-hydroxylation sites is 1. The Labute approximate surface area is 118 Å². The molecule has 2 rings (SSSR count). The highest BCUT2D eigenvalue weighted by Gasteiger charge is 2.04. The number of hydrogen-bond donors (Lipinski definition) is 1. The van der Waals surface area contributed by atoms with Crippen LogP contribution in [0.4, 0.5) is 10.1 Å². The first kappa shape index (κ1) is 14.0. The van der Waals surface area contributed by atoms with Crippen molar-refractivity contribution in [3.8, 4) is 0 Å². The molecule has 3 heteroatoms. The lowest BCUT2D eigenvalue weighted by molar-refractivity contribution is -0.111. The van der Waals surface area contributed by atoms with E-state index in [9.17, 15) is 9.18 Å². The number of carbonyl (C=O) groups excluding carboxylic acids is 1. The van der Waals surface area contributed by atoms with Crippen molar-refractivity contribution in [2.75, 3.05) is 5.32 Å². The molecule has 0 bridgehead atoms. The van der Waals surface area contributed by atoms with Crippen molar-refractivity contribution >= 4 is 17.7 Å².